The van der Waals surface area contributed by atoms with Crippen molar-refractivity contribution in [1.82, 2.24) is 9.97 Å². The van der Waals surface area contributed by atoms with Crippen molar-refractivity contribution in [1.29, 1.82) is 10.8 Å². The number of aromatic nitrogens is 2. The van der Waals surface area contributed by atoms with Gasteiger partial charge in [-0.15, -0.1) is 24.8 Å². The second-order valence-corrected chi connectivity index (χ2v) is 4.66. The van der Waals surface area contributed by atoms with Crippen LogP contribution >= 0.6 is 24.8 Å². The summed E-state index contributed by atoms with van der Waals surface area (Å²) in [5.74, 6) is -0.177. The first kappa shape index (κ1) is 19.8. The molecule has 6 N–H and O–H groups in total. The SMILES string of the molecule is Cc1cc(C(=N)N)nc(-c2cc(C)cc(C(=N)N)n2)c1.Cl.Cl. The van der Waals surface area contributed by atoms with Crippen LogP contribution in [-0.2, 0) is 0 Å². The summed E-state index contributed by atoms with van der Waals surface area (Å²) < 4.78 is 0. The van der Waals surface area contributed by atoms with E-state index in [4.69, 9.17) is 22.3 Å². The molecule has 0 unspecified atom stereocenters. The first-order chi connectivity index (χ1) is 9.36. The average molecular weight is 341 g/mol. The fourth-order valence-corrected chi connectivity index (χ4v) is 1.87. The molecule has 0 fully saturated rings. The number of rotatable bonds is 3. The molecule has 0 aliphatic carbocycles. The van der Waals surface area contributed by atoms with E-state index in [0.717, 1.165) is 11.1 Å². The molecule has 0 aromatic carbocycles. The summed E-state index contributed by atoms with van der Waals surface area (Å²) in [6.45, 7) is 3.80. The van der Waals surface area contributed by atoms with Gasteiger partial charge in [0.2, 0.25) is 0 Å². The third kappa shape index (κ3) is 4.41. The summed E-state index contributed by atoms with van der Waals surface area (Å²) in [4.78, 5) is 8.64. The third-order valence-electron chi connectivity index (χ3n) is 2.75. The van der Waals surface area contributed by atoms with E-state index in [1.54, 1.807) is 12.1 Å². The summed E-state index contributed by atoms with van der Waals surface area (Å²) >= 11 is 0. The molecule has 0 radical (unpaired) electrons. The van der Waals surface area contributed by atoms with Crippen molar-refractivity contribution < 1.29 is 0 Å². The minimum Gasteiger partial charge on any atom is -0.382 e. The van der Waals surface area contributed by atoms with E-state index in [9.17, 15) is 0 Å². The number of nitrogens with two attached hydrogens (primary N) is 2. The van der Waals surface area contributed by atoms with Crippen LogP contribution in [0.5, 0.6) is 0 Å². The molecule has 0 saturated heterocycles. The monoisotopic (exact) mass is 340 g/mol. The van der Waals surface area contributed by atoms with Crippen molar-refractivity contribution in [2.24, 2.45) is 11.5 Å². The summed E-state index contributed by atoms with van der Waals surface area (Å²) in [7, 11) is 0. The molecule has 2 rings (SSSR count). The number of hydrogen-bond donors (Lipinski definition) is 4. The summed E-state index contributed by atoms with van der Waals surface area (Å²) in [6.07, 6.45) is 0. The molecule has 0 spiro atoms. The van der Waals surface area contributed by atoms with Crippen LogP contribution in [0, 0.1) is 24.7 Å². The number of halogens is 2. The lowest BCUT2D eigenvalue weighted by molar-refractivity contribution is 1.17. The Morgan fingerprint density at radius 2 is 1.09 bits per heavy atom. The van der Waals surface area contributed by atoms with Crippen LogP contribution in [0.2, 0.25) is 0 Å². The van der Waals surface area contributed by atoms with E-state index in [0.29, 0.717) is 22.8 Å². The first-order valence-corrected chi connectivity index (χ1v) is 6.03. The standard InChI is InChI=1S/C14H16N6.2ClH/c1-7-3-9(19-11(5-7)13(15)16)10-4-8(2)6-12(20-10)14(17)18;;/h3-6H,1-2H3,(H3,15,16)(H3,17,18);2*1H. The highest BCUT2D eigenvalue weighted by Crippen LogP contribution is 2.19. The molecule has 2 heterocycles. The molecule has 0 aliphatic heterocycles. The van der Waals surface area contributed by atoms with Crippen LogP contribution in [0.25, 0.3) is 11.4 Å². The Kier molecular flexibility index (Phi) is 6.96. The van der Waals surface area contributed by atoms with Crippen molar-refractivity contribution in [2.75, 3.05) is 0 Å². The number of amidine groups is 2. The summed E-state index contributed by atoms with van der Waals surface area (Å²) in [5, 5.41) is 15.0. The highest BCUT2D eigenvalue weighted by atomic mass is 35.5. The lowest BCUT2D eigenvalue weighted by Crippen LogP contribution is -2.15. The molecule has 2 aromatic heterocycles. The van der Waals surface area contributed by atoms with E-state index in [1.165, 1.54) is 0 Å². The van der Waals surface area contributed by atoms with Crippen molar-refractivity contribution in [3.8, 4) is 11.4 Å². The van der Waals surface area contributed by atoms with Crippen LogP contribution in [0.3, 0.4) is 0 Å². The van der Waals surface area contributed by atoms with Gasteiger partial charge in [0.25, 0.3) is 0 Å². The number of pyridine rings is 2. The fraction of sp³-hybridized carbons (Fsp3) is 0.143. The maximum absolute atomic E-state index is 7.48. The molecule has 0 bridgehead atoms. The normalized spacial score (nSPS) is 9.36. The second-order valence-electron chi connectivity index (χ2n) is 4.66. The average Bonchev–Trinajstić information content (AvgIpc) is 2.37. The Labute approximate surface area is 141 Å². The zero-order valence-corrected chi connectivity index (χ0v) is 13.8. The molecule has 0 saturated carbocycles. The van der Waals surface area contributed by atoms with Gasteiger partial charge in [0.15, 0.2) is 0 Å². The smallest absolute Gasteiger partial charge is 0.141 e. The number of nitrogens with one attached hydrogen (secondary N) is 2. The van der Waals surface area contributed by atoms with Crippen LogP contribution in [-0.4, -0.2) is 21.6 Å². The minimum absolute atomic E-state index is 0. The maximum Gasteiger partial charge on any atom is 0.141 e. The van der Waals surface area contributed by atoms with E-state index in [-0.39, 0.29) is 36.5 Å². The van der Waals surface area contributed by atoms with Crippen molar-refractivity contribution >= 4 is 36.5 Å². The van der Waals surface area contributed by atoms with Gasteiger partial charge in [-0.2, -0.15) is 0 Å². The Morgan fingerprint density at radius 3 is 1.36 bits per heavy atom. The van der Waals surface area contributed by atoms with Gasteiger partial charge < -0.3 is 11.5 Å². The molecule has 8 heteroatoms. The molecule has 118 valence electrons. The van der Waals surface area contributed by atoms with Gasteiger partial charge in [-0.3, -0.25) is 10.8 Å². The van der Waals surface area contributed by atoms with Gasteiger partial charge in [0, 0.05) is 0 Å². The fourth-order valence-electron chi connectivity index (χ4n) is 1.87. The molecule has 22 heavy (non-hydrogen) atoms. The Hall–Kier alpha value is -2.18. The van der Waals surface area contributed by atoms with Gasteiger partial charge in [-0.1, -0.05) is 0 Å². The van der Waals surface area contributed by atoms with Gasteiger partial charge in [-0.25, -0.2) is 9.97 Å². The van der Waals surface area contributed by atoms with E-state index in [2.05, 4.69) is 9.97 Å². The van der Waals surface area contributed by atoms with Gasteiger partial charge in [0.1, 0.15) is 23.1 Å². The zero-order chi connectivity index (χ0) is 14.9. The first-order valence-electron chi connectivity index (χ1n) is 6.03. The number of nitrogens with zero attached hydrogens (tertiary/aromatic N) is 2. The molecule has 2 aromatic rings. The Bertz CT molecular complexity index is 653. The lowest BCUT2D eigenvalue weighted by Gasteiger charge is -2.08. The highest BCUT2D eigenvalue weighted by Gasteiger charge is 2.09. The largest absolute Gasteiger partial charge is 0.382 e. The van der Waals surface area contributed by atoms with Gasteiger partial charge >= 0.3 is 0 Å². The number of nitrogen functional groups attached to an aromatic ring is 2. The Morgan fingerprint density at radius 1 is 0.773 bits per heavy atom. The molecule has 0 amide bonds. The van der Waals surface area contributed by atoms with Crippen LogP contribution < -0.4 is 11.5 Å². The zero-order valence-electron chi connectivity index (χ0n) is 12.2. The minimum atomic E-state index is -0.0885. The van der Waals surface area contributed by atoms with E-state index in [1.807, 2.05) is 26.0 Å². The van der Waals surface area contributed by atoms with Crippen LogP contribution in [0.1, 0.15) is 22.5 Å². The summed E-state index contributed by atoms with van der Waals surface area (Å²) in [5.41, 5.74) is 14.9. The topological polar surface area (TPSA) is 126 Å². The molecule has 6 nitrogen and oxygen atoms in total. The van der Waals surface area contributed by atoms with Crippen LogP contribution in [0.4, 0.5) is 0 Å². The van der Waals surface area contributed by atoms with Gasteiger partial charge in [0.05, 0.1) is 11.4 Å². The lowest BCUT2D eigenvalue weighted by atomic mass is 10.1. The number of aryl methyl sites for hydroxylation is 2. The predicted molar refractivity (Wildman–Crippen MR) is 93.5 cm³/mol. The second kappa shape index (κ2) is 7.72. The highest BCUT2D eigenvalue weighted by molar-refractivity contribution is 5.94. The van der Waals surface area contributed by atoms with Gasteiger partial charge in [-0.05, 0) is 49.2 Å². The molecular weight excluding hydrogens is 323 g/mol. The van der Waals surface area contributed by atoms with Crippen LogP contribution in [0.15, 0.2) is 24.3 Å². The third-order valence-corrected chi connectivity index (χ3v) is 2.75. The Balaban J connectivity index is 0.00000220. The maximum atomic E-state index is 7.48. The quantitative estimate of drug-likeness (QED) is 0.504. The molecular formula is C14H18Cl2N6. The van der Waals surface area contributed by atoms with Crippen molar-refractivity contribution in [3.05, 3.63) is 46.8 Å². The van der Waals surface area contributed by atoms with E-state index >= 15 is 0 Å². The predicted octanol–water partition coefficient (Wildman–Crippen LogP) is 2.17. The molecule has 0 aliphatic rings. The molecule has 0 atom stereocenters. The van der Waals surface area contributed by atoms with E-state index < -0.39 is 0 Å². The summed E-state index contributed by atoms with van der Waals surface area (Å²) in [6, 6.07) is 7.21. The van der Waals surface area contributed by atoms with Crippen molar-refractivity contribution in [2.45, 2.75) is 13.8 Å². The number of hydrogen-bond acceptors (Lipinski definition) is 4. The van der Waals surface area contributed by atoms with Crippen molar-refractivity contribution in [3.63, 3.8) is 0 Å².